The van der Waals surface area contributed by atoms with E-state index in [1.807, 2.05) is 0 Å². The average Bonchev–Trinajstić information content (AvgIpc) is 2.91. The molecule has 1 aromatic carbocycles. The van der Waals surface area contributed by atoms with Crippen molar-refractivity contribution in [2.45, 2.75) is 25.4 Å². The summed E-state index contributed by atoms with van der Waals surface area (Å²) >= 11 is 0. The first-order valence-corrected chi connectivity index (χ1v) is 6.62. The molecule has 1 saturated heterocycles. The summed E-state index contributed by atoms with van der Waals surface area (Å²) < 4.78 is 38.3. The van der Waals surface area contributed by atoms with E-state index in [0.29, 0.717) is 13.1 Å². The number of nitrogens with one attached hydrogen (secondary N) is 1. The van der Waals surface area contributed by atoms with Crippen LogP contribution in [0.5, 0.6) is 0 Å². The van der Waals surface area contributed by atoms with E-state index in [0.717, 1.165) is 18.9 Å². The molecule has 1 heterocycles. The molecule has 0 aromatic heterocycles. The number of benzene rings is 1. The molecule has 0 aliphatic carbocycles. The first-order valence-electron chi connectivity index (χ1n) is 6.62. The van der Waals surface area contributed by atoms with Gasteiger partial charge in [0.2, 0.25) is 11.8 Å². The summed E-state index contributed by atoms with van der Waals surface area (Å²) in [7, 11) is 0. The molecule has 21 heavy (non-hydrogen) atoms. The first kappa shape index (κ1) is 15.3. The molecule has 1 N–H and O–H groups in total. The molecule has 0 radical (unpaired) electrons. The molecule has 1 aromatic rings. The zero-order chi connectivity index (χ0) is 15.5. The number of rotatable bonds is 3. The van der Waals surface area contributed by atoms with Crippen molar-refractivity contribution >= 4 is 17.5 Å². The van der Waals surface area contributed by atoms with E-state index in [1.165, 1.54) is 18.2 Å². The summed E-state index contributed by atoms with van der Waals surface area (Å²) in [6, 6.07) is 4.69. The van der Waals surface area contributed by atoms with E-state index in [2.05, 4.69) is 5.32 Å². The summed E-state index contributed by atoms with van der Waals surface area (Å²) in [5, 5.41) is 2.17. The van der Waals surface area contributed by atoms with Gasteiger partial charge in [-0.3, -0.25) is 9.59 Å². The Morgan fingerprint density at radius 3 is 2.38 bits per heavy atom. The zero-order valence-electron chi connectivity index (χ0n) is 11.2. The summed E-state index contributed by atoms with van der Waals surface area (Å²) in [5.41, 5.74) is -1.25. The van der Waals surface area contributed by atoms with Crippen molar-refractivity contribution < 1.29 is 22.8 Å². The Morgan fingerprint density at radius 2 is 1.76 bits per heavy atom. The Labute approximate surface area is 119 Å². The van der Waals surface area contributed by atoms with E-state index in [4.69, 9.17) is 0 Å². The topological polar surface area (TPSA) is 49.4 Å². The number of halogens is 3. The standard InChI is InChI=1S/C14H15F3N2O2/c15-14(16,17)10-5-1-2-6-11(10)18-12(20)9-13(21)19-7-3-4-8-19/h1-2,5-6H,3-4,7-9H2,(H,18,20). The van der Waals surface area contributed by atoms with Crippen LogP contribution in [0, 0.1) is 0 Å². The van der Waals surface area contributed by atoms with Gasteiger partial charge < -0.3 is 10.2 Å². The van der Waals surface area contributed by atoms with Crippen LogP contribution >= 0.6 is 0 Å². The highest BCUT2D eigenvalue weighted by Gasteiger charge is 2.33. The summed E-state index contributed by atoms with van der Waals surface area (Å²) in [6.45, 7) is 1.20. The summed E-state index contributed by atoms with van der Waals surface area (Å²) in [4.78, 5) is 25.1. The molecule has 1 aliphatic heterocycles. The molecule has 0 saturated carbocycles. The largest absolute Gasteiger partial charge is 0.418 e. The predicted octanol–water partition coefficient (Wildman–Crippen LogP) is 2.66. The highest BCUT2D eigenvalue weighted by molar-refractivity contribution is 6.03. The van der Waals surface area contributed by atoms with Crippen molar-refractivity contribution in [1.82, 2.24) is 4.90 Å². The van der Waals surface area contributed by atoms with Gasteiger partial charge in [-0.2, -0.15) is 13.2 Å². The monoisotopic (exact) mass is 300 g/mol. The number of nitrogens with zero attached hydrogens (tertiary/aromatic N) is 1. The van der Waals surface area contributed by atoms with E-state index in [1.54, 1.807) is 4.90 Å². The average molecular weight is 300 g/mol. The van der Waals surface area contributed by atoms with Gasteiger partial charge in [0.25, 0.3) is 0 Å². The fourth-order valence-electron chi connectivity index (χ4n) is 2.25. The number of para-hydroxylation sites is 1. The van der Waals surface area contributed by atoms with Crippen LogP contribution in [0.15, 0.2) is 24.3 Å². The molecular weight excluding hydrogens is 285 g/mol. The maximum atomic E-state index is 12.8. The van der Waals surface area contributed by atoms with Crippen LogP contribution in [0.25, 0.3) is 0 Å². The van der Waals surface area contributed by atoms with Crippen LogP contribution in [0.4, 0.5) is 18.9 Å². The van der Waals surface area contributed by atoms with Crippen molar-refractivity contribution in [2.75, 3.05) is 18.4 Å². The molecule has 1 fully saturated rings. The second-order valence-corrected chi connectivity index (χ2v) is 4.86. The Kier molecular flexibility index (Phi) is 4.50. The van der Waals surface area contributed by atoms with Gasteiger partial charge >= 0.3 is 6.18 Å². The minimum absolute atomic E-state index is 0.329. The number of amides is 2. The zero-order valence-corrected chi connectivity index (χ0v) is 11.2. The number of likely N-dealkylation sites (tertiary alicyclic amines) is 1. The van der Waals surface area contributed by atoms with E-state index >= 15 is 0 Å². The van der Waals surface area contributed by atoms with Gasteiger partial charge in [-0.25, -0.2) is 0 Å². The molecule has 0 spiro atoms. The molecule has 0 bridgehead atoms. The molecule has 114 valence electrons. The Balaban J connectivity index is 2.01. The second-order valence-electron chi connectivity index (χ2n) is 4.86. The van der Waals surface area contributed by atoms with Gasteiger partial charge in [0.15, 0.2) is 0 Å². The van der Waals surface area contributed by atoms with Gasteiger partial charge in [0, 0.05) is 13.1 Å². The maximum absolute atomic E-state index is 12.8. The number of alkyl halides is 3. The van der Waals surface area contributed by atoms with Crippen molar-refractivity contribution in [3.05, 3.63) is 29.8 Å². The first-order chi connectivity index (χ1) is 9.88. The number of hydrogen-bond donors (Lipinski definition) is 1. The van der Waals surface area contributed by atoms with Crippen LogP contribution in [0.3, 0.4) is 0 Å². The molecule has 0 unspecified atom stereocenters. The van der Waals surface area contributed by atoms with Gasteiger partial charge in [-0.15, -0.1) is 0 Å². The third-order valence-corrected chi connectivity index (χ3v) is 3.28. The Hall–Kier alpha value is -2.05. The van der Waals surface area contributed by atoms with Crippen LogP contribution in [0.1, 0.15) is 24.8 Å². The fraction of sp³-hybridized carbons (Fsp3) is 0.429. The summed E-state index contributed by atoms with van der Waals surface area (Å²) in [5.74, 6) is -1.09. The molecule has 2 amide bonds. The predicted molar refractivity (Wildman–Crippen MR) is 70.5 cm³/mol. The van der Waals surface area contributed by atoms with Gasteiger partial charge in [0.05, 0.1) is 11.3 Å². The minimum atomic E-state index is -4.55. The molecule has 2 rings (SSSR count). The molecule has 0 atom stereocenters. The van der Waals surface area contributed by atoms with E-state index < -0.39 is 24.1 Å². The van der Waals surface area contributed by atoms with Crippen molar-refractivity contribution in [3.63, 3.8) is 0 Å². The Morgan fingerprint density at radius 1 is 1.14 bits per heavy atom. The van der Waals surface area contributed by atoms with Gasteiger partial charge in [-0.05, 0) is 25.0 Å². The number of anilines is 1. The minimum Gasteiger partial charge on any atom is -0.342 e. The summed E-state index contributed by atoms with van der Waals surface area (Å²) in [6.07, 6.45) is -3.20. The lowest BCUT2D eigenvalue weighted by molar-refractivity contribution is -0.137. The van der Waals surface area contributed by atoms with Gasteiger partial charge in [0.1, 0.15) is 6.42 Å². The number of carbonyl (C=O) groups is 2. The van der Waals surface area contributed by atoms with E-state index in [9.17, 15) is 22.8 Å². The fourth-order valence-corrected chi connectivity index (χ4v) is 2.25. The van der Waals surface area contributed by atoms with Gasteiger partial charge in [-0.1, -0.05) is 12.1 Å². The third-order valence-electron chi connectivity index (χ3n) is 3.28. The van der Waals surface area contributed by atoms with Crippen molar-refractivity contribution in [2.24, 2.45) is 0 Å². The van der Waals surface area contributed by atoms with Crippen LogP contribution in [0.2, 0.25) is 0 Å². The second kappa shape index (κ2) is 6.15. The molecule has 7 heteroatoms. The molecule has 1 aliphatic rings. The normalized spacial score (nSPS) is 15.1. The van der Waals surface area contributed by atoms with E-state index in [-0.39, 0.29) is 11.6 Å². The lowest BCUT2D eigenvalue weighted by atomic mass is 10.1. The SMILES string of the molecule is O=C(CC(=O)N1CCCC1)Nc1ccccc1C(F)(F)F. The lowest BCUT2D eigenvalue weighted by Crippen LogP contribution is -2.31. The number of carbonyl (C=O) groups excluding carboxylic acids is 2. The smallest absolute Gasteiger partial charge is 0.342 e. The van der Waals surface area contributed by atoms with Crippen LogP contribution < -0.4 is 5.32 Å². The van der Waals surface area contributed by atoms with Crippen LogP contribution in [-0.4, -0.2) is 29.8 Å². The Bertz CT molecular complexity index is 537. The highest BCUT2D eigenvalue weighted by Crippen LogP contribution is 2.34. The highest BCUT2D eigenvalue weighted by atomic mass is 19.4. The van der Waals surface area contributed by atoms with Crippen molar-refractivity contribution in [3.8, 4) is 0 Å². The molecular formula is C14H15F3N2O2. The quantitative estimate of drug-likeness (QED) is 0.873. The molecule has 4 nitrogen and oxygen atoms in total. The number of hydrogen-bond acceptors (Lipinski definition) is 2. The van der Waals surface area contributed by atoms with Crippen LogP contribution in [-0.2, 0) is 15.8 Å². The van der Waals surface area contributed by atoms with Crippen molar-refractivity contribution in [1.29, 1.82) is 0 Å². The maximum Gasteiger partial charge on any atom is 0.418 e. The lowest BCUT2D eigenvalue weighted by Gasteiger charge is -2.16. The third kappa shape index (κ3) is 3.96.